The highest BCUT2D eigenvalue weighted by molar-refractivity contribution is 6.91. The predicted molar refractivity (Wildman–Crippen MR) is 217 cm³/mol. The zero-order chi connectivity index (χ0) is 40.2. The van der Waals surface area contributed by atoms with E-state index < -0.39 is 37.9 Å². The van der Waals surface area contributed by atoms with Crippen molar-refractivity contribution in [1.82, 2.24) is 4.90 Å². The Bertz CT molecular complexity index is 2210. The Balaban J connectivity index is 1.24. The third-order valence-electron chi connectivity index (χ3n) is 12.8. The second-order valence-corrected chi connectivity index (χ2v) is 21.0. The molecular weight excluding hydrogens is 739 g/mol. The Morgan fingerprint density at radius 1 is 0.930 bits per heavy atom. The van der Waals surface area contributed by atoms with Crippen LogP contribution in [0.25, 0.3) is 0 Å². The van der Waals surface area contributed by atoms with Gasteiger partial charge in [-0.1, -0.05) is 91.9 Å². The lowest BCUT2D eigenvalue weighted by Crippen LogP contribution is -2.55. The molecule has 0 saturated carbocycles. The third-order valence-corrected chi connectivity index (χ3v) is 17.1. The van der Waals surface area contributed by atoms with Crippen molar-refractivity contribution in [3.8, 4) is 5.75 Å². The predicted octanol–water partition coefficient (Wildman–Crippen LogP) is 5.42. The van der Waals surface area contributed by atoms with Gasteiger partial charge in [0.25, 0.3) is 5.91 Å². The van der Waals surface area contributed by atoms with E-state index in [0.717, 1.165) is 27.6 Å². The summed E-state index contributed by atoms with van der Waals surface area (Å²) in [4.78, 5) is 60.1. The van der Waals surface area contributed by atoms with Crippen molar-refractivity contribution in [2.24, 2.45) is 5.92 Å². The fourth-order valence-electron chi connectivity index (χ4n) is 9.89. The molecule has 4 aromatic rings. The zero-order valence-corrected chi connectivity index (χ0v) is 34.0. The third kappa shape index (κ3) is 6.53. The number of aliphatic hydroxyl groups excluding tert-OH is 1. The van der Waals surface area contributed by atoms with Crippen LogP contribution < -0.4 is 19.7 Å². The van der Waals surface area contributed by atoms with Crippen LogP contribution in [0.1, 0.15) is 48.9 Å². The summed E-state index contributed by atoms with van der Waals surface area (Å²) >= 11 is 0. The number of fused-ring (bicyclic) bond motifs is 3. The molecule has 2 saturated heterocycles. The molecule has 6 atom stereocenters. The van der Waals surface area contributed by atoms with Gasteiger partial charge in [0.2, 0.25) is 11.8 Å². The Morgan fingerprint density at radius 2 is 1.63 bits per heavy atom. The maximum Gasteiger partial charge on any atom is 0.304 e. The second kappa shape index (κ2) is 14.9. The minimum atomic E-state index is -2.61. The van der Waals surface area contributed by atoms with Gasteiger partial charge < -0.3 is 29.1 Å². The minimum absolute atomic E-state index is 0.0160. The van der Waals surface area contributed by atoms with Crippen LogP contribution in [0.4, 0.5) is 11.4 Å². The lowest BCUT2D eigenvalue weighted by atomic mass is 9.82. The molecule has 57 heavy (non-hydrogen) atoms. The maximum atomic E-state index is 15.4. The van der Waals surface area contributed by atoms with Crippen LogP contribution in [0.15, 0.2) is 97.1 Å². The molecule has 11 nitrogen and oxygen atoms in total. The molecule has 4 aromatic carbocycles. The van der Waals surface area contributed by atoms with E-state index in [9.17, 15) is 19.5 Å². The van der Waals surface area contributed by atoms with Crippen LogP contribution in [0, 0.1) is 5.92 Å². The number of anilines is 2. The van der Waals surface area contributed by atoms with E-state index in [4.69, 9.17) is 14.2 Å². The van der Waals surface area contributed by atoms with E-state index in [2.05, 4.69) is 32.2 Å². The minimum Gasteiger partial charge on any atom is -0.497 e. The van der Waals surface area contributed by atoms with Crippen molar-refractivity contribution in [3.63, 3.8) is 0 Å². The van der Waals surface area contributed by atoms with Gasteiger partial charge in [0.05, 0.1) is 59.0 Å². The molecule has 12 heteroatoms. The van der Waals surface area contributed by atoms with Gasteiger partial charge in [-0.25, -0.2) is 0 Å². The number of carbonyl (C=O) groups is 4. The van der Waals surface area contributed by atoms with Gasteiger partial charge in [-0.2, -0.15) is 0 Å². The fourth-order valence-corrected chi connectivity index (χ4v) is 13.9. The van der Waals surface area contributed by atoms with Crippen molar-refractivity contribution in [1.29, 1.82) is 0 Å². The van der Waals surface area contributed by atoms with Gasteiger partial charge in [-0.3, -0.25) is 24.1 Å². The first-order chi connectivity index (χ1) is 27.4. The molecule has 0 aliphatic carbocycles. The molecule has 0 bridgehead atoms. The number of nitrogens with zero attached hydrogens (tertiary/aromatic N) is 3. The number of benzene rings is 4. The highest BCUT2D eigenvalue weighted by Crippen LogP contribution is 2.61. The number of hydrogen-bond donors (Lipinski definition) is 1. The lowest BCUT2D eigenvalue weighted by molar-refractivity contribution is -0.154. The van der Waals surface area contributed by atoms with Gasteiger partial charge >= 0.3 is 5.97 Å². The topological polar surface area (TPSA) is 126 Å². The fraction of sp³-hybridized carbons (Fsp3) is 0.378. The van der Waals surface area contributed by atoms with Crippen LogP contribution in [-0.4, -0.2) is 73.9 Å². The molecule has 0 radical (unpaired) electrons. The SMILES string of the molecule is COc1ccc([Si](C)(C)[C@@H]2[C@@H](CC(=O)N3Cc4ccccc4C[C@H]3CO)O[C@]3(C(=O)N(Cc4ccccc4)c4ccc(N5C(=O)CC5OC(C)=O)cc43)[C@H]2C)cc1. The number of aliphatic hydroxyl groups is 1. The van der Waals surface area contributed by atoms with Crippen LogP contribution in [0.5, 0.6) is 5.75 Å². The van der Waals surface area contributed by atoms with Crippen molar-refractivity contribution in [2.45, 2.75) is 88.8 Å². The number of amides is 3. The number of methoxy groups -OCH3 is 1. The van der Waals surface area contributed by atoms with Crippen molar-refractivity contribution < 1.29 is 38.5 Å². The van der Waals surface area contributed by atoms with Crippen LogP contribution in [0.2, 0.25) is 18.6 Å². The van der Waals surface area contributed by atoms with E-state index in [1.807, 2.05) is 78.9 Å². The Kier molecular flexibility index (Phi) is 10.1. The summed E-state index contributed by atoms with van der Waals surface area (Å²) in [5, 5.41) is 11.7. The molecule has 1 unspecified atom stereocenters. The first-order valence-corrected chi connectivity index (χ1v) is 22.7. The zero-order valence-electron chi connectivity index (χ0n) is 33.0. The van der Waals surface area contributed by atoms with E-state index in [0.29, 0.717) is 36.4 Å². The smallest absolute Gasteiger partial charge is 0.304 e. The molecule has 0 aromatic heterocycles. The van der Waals surface area contributed by atoms with Crippen LogP contribution in [0.3, 0.4) is 0 Å². The standard InChI is InChI=1S/C45H49N3O8Si/c1-28-43(57(4,5)36-18-16-35(54-3)17-19-36)39(23-40(51)46-26-32-14-10-9-13-31(32)21-34(46)27-49)56-45(28)37-22-33(48-41(52)24-42(48)55-29(2)50)15-20-38(37)47(44(45)53)25-30-11-7-6-8-12-30/h6-20,22,28,34,39,42-43,49H,21,23-27H2,1-5H3/t28-,34-,39+,42?,43-,45+/m0/s1. The Morgan fingerprint density at radius 3 is 2.30 bits per heavy atom. The van der Waals surface area contributed by atoms with Crippen molar-refractivity contribution >= 4 is 48.3 Å². The molecule has 4 aliphatic heterocycles. The monoisotopic (exact) mass is 787 g/mol. The average Bonchev–Trinajstić information content (AvgIpc) is 3.62. The highest BCUT2D eigenvalue weighted by atomic mass is 28.3. The van der Waals surface area contributed by atoms with Gasteiger partial charge in [0, 0.05) is 30.6 Å². The Hall–Kier alpha value is -5.30. The van der Waals surface area contributed by atoms with Crippen LogP contribution in [-0.2, 0) is 53.8 Å². The van der Waals surface area contributed by atoms with E-state index in [1.165, 1.54) is 11.8 Å². The summed E-state index contributed by atoms with van der Waals surface area (Å²) in [5.41, 5.74) is 3.17. The molecule has 1 N–H and O–H groups in total. The molecule has 1 spiro atoms. The molecule has 2 fully saturated rings. The highest BCUT2D eigenvalue weighted by Gasteiger charge is 2.67. The quantitative estimate of drug-likeness (QED) is 0.128. The first kappa shape index (κ1) is 38.6. The molecular formula is C45H49N3O8Si. The molecule has 3 amide bonds. The second-order valence-electron chi connectivity index (χ2n) is 16.3. The van der Waals surface area contributed by atoms with Gasteiger partial charge in [-0.05, 0) is 59.0 Å². The molecule has 4 heterocycles. The summed E-state index contributed by atoms with van der Waals surface area (Å²) in [6, 6.07) is 30.9. The average molecular weight is 788 g/mol. The molecule has 4 aliphatic rings. The van der Waals surface area contributed by atoms with Crippen molar-refractivity contribution in [2.75, 3.05) is 23.5 Å². The normalized spacial score (nSPS) is 25.3. The summed E-state index contributed by atoms with van der Waals surface area (Å²) < 4.78 is 18.3. The van der Waals surface area contributed by atoms with Gasteiger partial charge in [0.15, 0.2) is 11.8 Å². The number of hydrogen-bond acceptors (Lipinski definition) is 8. The van der Waals surface area contributed by atoms with E-state index in [-0.39, 0.29) is 48.8 Å². The maximum absolute atomic E-state index is 15.4. The van der Waals surface area contributed by atoms with Crippen molar-refractivity contribution in [3.05, 3.63) is 119 Å². The lowest BCUT2D eigenvalue weighted by Gasteiger charge is -2.39. The number of esters is 1. The van der Waals surface area contributed by atoms with Gasteiger partial charge in [0.1, 0.15) is 5.75 Å². The van der Waals surface area contributed by atoms with E-state index in [1.54, 1.807) is 23.0 Å². The van der Waals surface area contributed by atoms with E-state index >= 15 is 4.79 Å². The summed E-state index contributed by atoms with van der Waals surface area (Å²) in [7, 11) is -0.979. The number of ether oxygens (including phenoxy) is 3. The number of carbonyl (C=O) groups excluding carboxylic acids is 4. The molecule has 8 rings (SSSR count). The van der Waals surface area contributed by atoms with Crippen LogP contribution >= 0.6 is 0 Å². The largest absolute Gasteiger partial charge is 0.497 e. The molecule has 296 valence electrons. The van der Waals surface area contributed by atoms with Gasteiger partial charge in [-0.15, -0.1) is 0 Å². The number of β-lactam (4-membered cyclic amide) rings is 1. The summed E-state index contributed by atoms with van der Waals surface area (Å²) in [5.74, 6) is -0.728. The summed E-state index contributed by atoms with van der Waals surface area (Å²) in [6.45, 7) is 8.41. The number of rotatable bonds is 10. The Labute approximate surface area is 334 Å². The first-order valence-electron chi connectivity index (χ1n) is 19.7. The summed E-state index contributed by atoms with van der Waals surface area (Å²) in [6.07, 6.45) is -0.784.